The lowest BCUT2D eigenvalue weighted by atomic mass is 10.1. The monoisotopic (exact) mass is 314 g/mol. The number of hydrogen-bond donors (Lipinski definition) is 1. The number of nitrogens with one attached hydrogen (secondary N) is 1. The Hall–Kier alpha value is -2.56. The molecule has 0 aliphatic rings. The number of furan rings is 1. The Kier molecular flexibility index (Phi) is 5.97. The van der Waals surface area contributed by atoms with E-state index in [9.17, 15) is 4.79 Å². The zero-order valence-corrected chi connectivity index (χ0v) is 13.7. The van der Waals surface area contributed by atoms with Crippen LogP contribution in [0.15, 0.2) is 46.1 Å². The van der Waals surface area contributed by atoms with Crippen LogP contribution in [0.3, 0.4) is 0 Å². The number of amides is 1. The maximum atomic E-state index is 11.8. The van der Waals surface area contributed by atoms with Crippen LogP contribution in [0.4, 0.5) is 0 Å². The van der Waals surface area contributed by atoms with Crippen molar-refractivity contribution in [3.63, 3.8) is 0 Å². The summed E-state index contributed by atoms with van der Waals surface area (Å²) in [5.41, 5.74) is 3.84. The number of benzene rings is 1. The molecule has 5 nitrogen and oxygen atoms in total. The standard InChI is InChI=1S/C18H22N2O3/c1-13(2)8-10-23-16-6-4-15(5-7-16)12-19-20-18(21)17-9-11-22-14(17)3/h4-7,9,11-13H,8,10H2,1-3H3,(H,20,21)/b19-12-. The molecule has 2 rings (SSSR count). The van der Waals surface area contributed by atoms with Gasteiger partial charge in [0.15, 0.2) is 0 Å². The summed E-state index contributed by atoms with van der Waals surface area (Å²) in [6, 6.07) is 9.18. The van der Waals surface area contributed by atoms with E-state index in [1.54, 1.807) is 19.2 Å². The summed E-state index contributed by atoms with van der Waals surface area (Å²) in [4.78, 5) is 11.8. The maximum absolute atomic E-state index is 11.8. The Morgan fingerprint density at radius 3 is 2.65 bits per heavy atom. The fourth-order valence-corrected chi connectivity index (χ4v) is 1.91. The summed E-state index contributed by atoms with van der Waals surface area (Å²) in [5.74, 6) is 1.74. The third-order valence-electron chi connectivity index (χ3n) is 3.33. The molecule has 0 aliphatic heterocycles. The Labute approximate surface area is 136 Å². The quantitative estimate of drug-likeness (QED) is 0.625. The molecule has 1 aromatic carbocycles. The van der Waals surface area contributed by atoms with Crippen LogP contribution < -0.4 is 10.2 Å². The molecule has 0 aliphatic carbocycles. The van der Waals surface area contributed by atoms with Gasteiger partial charge in [-0.25, -0.2) is 5.43 Å². The number of ether oxygens (including phenoxy) is 1. The first kappa shape index (κ1) is 16.8. The van der Waals surface area contributed by atoms with E-state index in [1.165, 1.54) is 6.26 Å². The molecule has 0 radical (unpaired) electrons. The summed E-state index contributed by atoms with van der Waals surface area (Å²) in [6.07, 6.45) is 4.10. The van der Waals surface area contributed by atoms with Crippen LogP contribution in [-0.4, -0.2) is 18.7 Å². The Bertz CT molecular complexity index is 657. The topological polar surface area (TPSA) is 63.8 Å². The molecule has 0 saturated carbocycles. The van der Waals surface area contributed by atoms with Gasteiger partial charge in [-0.1, -0.05) is 13.8 Å². The number of rotatable bonds is 7. The summed E-state index contributed by atoms with van der Waals surface area (Å²) >= 11 is 0. The number of hydrazone groups is 1. The Balaban J connectivity index is 1.83. The van der Waals surface area contributed by atoms with Crippen LogP contribution in [-0.2, 0) is 0 Å². The second kappa shape index (κ2) is 8.17. The van der Waals surface area contributed by atoms with Gasteiger partial charge in [-0.2, -0.15) is 5.10 Å². The van der Waals surface area contributed by atoms with Gasteiger partial charge in [-0.15, -0.1) is 0 Å². The van der Waals surface area contributed by atoms with Crippen molar-refractivity contribution in [3.05, 3.63) is 53.5 Å². The molecule has 23 heavy (non-hydrogen) atoms. The second-order valence-corrected chi connectivity index (χ2v) is 5.69. The van der Waals surface area contributed by atoms with Gasteiger partial charge in [-0.05, 0) is 55.2 Å². The van der Waals surface area contributed by atoms with Crippen LogP contribution in [0.2, 0.25) is 0 Å². The van der Waals surface area contributed by atoms with Crippen LogP contribution in [0.5, 0.6) is 5.75 Å². The fraction of sp³-hybridized carbons (Fsp3) is 0.333. The van der Waals surface area contributed by atoms with E-state index in [0.717, 1.165) is 17.7 Å². The van der Waals surface area contributed by atoms with Gasteiger partial charge in [-0.3, -0.25) is 4.79 Å². The molecule has 0 unspecified atom stereocenters. The predicted molar refractivity (Wildman–Crippen MR) is 89.9 cm³/mol. The average Bonchev–Trinajstić information content (AvgIpc) is 2.94. The number of aryl methyl sites for hydroxylation is 1. The van der Waals surface area contributed by atoms with Crippen molar-refractivity contribution >= 4 is 12.1 Å². The minimum atomic E-state index is -0.291. The molecule has 0 atom stereocenters. The highest BCUT2D eigenvalue weighted by Gasteiger charge is 2.09. The second-order valence-electron chi connectivity index (χ2n) is 5.69. The van der Waals surface area contributed by atoms with E-state index >= 15 is 0 Å². The highest BCUT2D eigenvalue weighted by molar-refractivity contribution is 5.95. The van der Waals surface area contributed by atoms with Crippen LogP contribution in [0, 0.1) is 12.8 Å². The maximum Gasteiger partial charge on any atom is 0.274 e. The lowest BCUT2D eigenvalue weighted by molar-refractivity contribution is 0.0953. The van der Waals surface area contributed by atoms with Gasteiger partial charge in [0.05, 0.1) is 24.6 Å². The van der Waals surface area contributed by atoms with Gasteiger partial charge >= 0.3 is 0 Å². The van der Waals surface area contributed by atoms with Crippen molar-refractivity contribution in [2.75, 3.05) is 6.61 Å². The first-order valence-corrected chi connectivity index (χ1v) is 7.66. The minimum Gasteiger partial charge on any atom is -0.494 e. The van der Waals surface area contributed by atoms with Crippen molar-refractivity contribution in [3.8, 4) is 5.75 Å². The van der Waals surface area contributed by atoms with Crippen molar-refractivity contribution in [2.24, 2.45) is 11.0 Å². The van der Waals surface area contributed by atoms with E-state index in [0.29, 0.717) is 23.8 Å². The third kappa shape index (κ3) is 5.29. The normalized spacial score (nSPS) is 11.1. The smallest absolute Gasteiger partial charge is 0.274 e. The molecule has 0 spiro atoms. The number of carbonyl (C=O) groups is 1. The molecule has 0 bridgehead atoms. The molecule has 1 N–H and O–H groups in total. The summed E-state index contributed by atoms with van der Waals surface area (Å²) < 4.78 is 10.7. The summed E-state index contributed by atoms with van der Waals surface area (Å²) in [5, 5.41) is 3.95. The van der Waals surface area contributed by atoms with Crippen molar-refractivity contribution in [1.82, 2.24) is 5.43 Å². The molecule has 0 saturated heterocycles. The Morgan fingerprint density at radius 2 is 2.04 bits per heavy atom. The predicted octanol–water partition coefficient (Wildman–Crippen LogP) is 3.78. The van der Waals surface area contributed by atoms with Crippen LogP contribution >= 0.6 is 0 Å². The van der Waals surface area contributed by atoms with E-state index < -0.39 is 0 Å². The van der Waals surface area contributed by atoms with Gasteiger partial charge in [0.2, 0.25) is 0 Å². The van der Waals surface area contributed by atoms with E-state index in [4.69, 9.17) is 9.15 Å². The van der Waals surface area contributed by atoms with E-state index in [-0.39, 0.29) is 5.91 Å². The minimum absolute atomic E-state index is 0.291. The molecular weight excluding hydrogens is 292 g/mol. The third-order valence-corrected chi connectivity index (χ3v) is 3.33. The largest absolute Gasteiger partial charge is 0.494 e. The first-order chi connectivity index (χ1) is 11.1. The first-order valence-electron chi connectivity index (χ1n) is 7.66. The van der Waals surface area contributed by atoms with Gasteiger partial charge in [0.1, 0.15) is 11.5 Å². The highest BCUT2D eigenvalue weighted by atomic mass is 16.5. The fourth-order valence-electron chi connectivity index (χ4n) is 1.91. The number of carbonyl (C=O) groups excluding carboxylic acids is 1. The lowest BCUT2D eigenvalue weighted by Gasteiger charge is -2.07. The van der Waals surface area contributed by atoms with Gasteiger partial charge in [0, 0.05) is 0 Å². The average molecular weight is 314 g/mol. The SMILES string of the molecule is Cc1occc1C(=O)N/N=C\c1ccc(OCCC(C)C)cc1. The molecule has 0 fully saturated rings. The summed E-state index contributed by atoms with van der Waals surface area (Å²) in [6.45, 7) is 6.78. The molecule has 5 heteroatoms. The zero-order chi connectivity index (χ0) is 16.7. The molecule has 1 amide bonds. The van der Waals surface area contributed by atoms with E-state index in [1.807, 2.05) is 24.3 Å². The lowest BCUT2D eigenvalue weighted by Crippen LogP contribution is -2.17. The van der Waals surface area contributed by atoms with Gasteiger partial charge in [0.25, 0.3) is 5.91 Å². The Morgan fingerprint density at radius 1 is 1.30 bits per heavy atom. The van der Waals surface area contributed by atoms with Gasteiger partial charge < -0.3 is 9.15 Å². The molecule has 1 heterocycles. The zero-order valence-electron chi connectivity index (χ0n) is 13.7. The number of hydrogen-bond acceptors (Lipinski definition) is 4. The van der Waals surface area contributed by atoms with Crippen molar-refractivity contribution < 1.29 is 13.9 Å². The summed E-state index contributed by atoms with van der Waals surface area (Å²) in [7, 11) is 0. The molecule has 122 valence electrons. The molecule has 1 aromatic heterocycles. The van der Waals surface area contributed by atoms with Crippen LogP contribution in [0.25, 0.3) is 0 Å². The van der Waals surface area contributed by atoms with Crippen molar-refractivity contribution in [2.45, 2.75) is 27.2 Å². The number of nitrogens with zero attached hydrogens (tertiary/aromatic N) is 1. The molecule has 2 aromatic rings. The van der Waals surface area contributed by atoms with Crippen molar-refractivity contribution in [1.29, 1.82) is 0 Å². The highest BCUT2D eigenvalue weighted by Crippen LogP contribution is 2.12. The van der Waals surface area contributed by atoms with Crippen LogP contribution in [0.1, 0.15) is 41.9 Å². The molecular formula is C18H22N2O3. The van der Waals surface area contributed by atoms with E-state index in [2.05, 4.69) is 24.4 Å².